The molecule has 3 unspecified atom stereocenters. The Kier molecular flexibility index (Phi) is 5.37. The van der Waals surface area contributed by atoms with Crippen LogP contribution in [0.15, 0.2) is 65.6 Å². The van der Waals surface area contributed by atoms with Gasteiger partial charge in [0.2, 0.25) is 10.0 Å². The van der Waals surface area contributed by atoms with Crippen LogP contribution in [0.4, 0.5) is 5.69 Å². The minimum Gasteiger partial charge on any atom is -0.299 e. The molecular formula is C21H25N3O3S. The number of fused-ring (bicyclic) bond motifs is 1. The second-order valence-corrected chi connectivity index (χ2v) is 9.33. The number of hydrogen-bond donors (Lipinski definition) is 2. The summed E-state index contributed by atoms with van der Waals surface area (Å²) in [6.07, 6.45) is 4.45. The lowest BCUT2D eigenvalue weighted by molar-refractivity contribution is -0.123. The molecule has 0 aromatic heterocycles. The number of para-hydroxylation sites is 1. The fourth-order valence-electron chi connectivity index (χ4n) is 4.44. The number of benzene rings is 2. The minimum atomic E-state index is -3.74. The van der Waals surface area contributed by atoms with Gasteiger partial charge in [-0.15, -0.1) is 0 Å². The molecule has 3 atom stereocenters. The maximum Gasteiger partial charge on any atom is 0.256 e. The molecule has 148 valence electrons. The Morgan fingerprint density at radius 2 is 1.57 bits per heavy atom. The van der Waals surface area contributed by atoms with Crippen molar-refractivity contribution < 1.29 is 13.2 Å². The van der Waals surface area contributed by atoms with Gasteiger partial charge in [-0.2, -0.15) is 4.31 Å². The van der Waals surface area contributed by atoms with Gasteiger partial charge < -0.3 is 0 Å². The summed E-state index contributed by atoms with van der Waals surface area (Å²) >= 11 is 0. The zero-order chi connectivity index (χ0) is 19.6. The number of carbonyl (C=O) groups excluding carboxylic acids is 1. The van der Waals surface area contributed by atoms with Crippen molar-refractivity contribution in [3.8, 4) is 0 Å². The van der Waals surface area contributed by atoms with E-state index in [9.17, 15) is 13.2 Å². The molecule has 7 heteroatoms. The molecule has 28 heavy (non-hydrogen) atoms. The smallest absolute Gasteiger partial charge is 0.256 e. The molecule has 1 heterocycles. The Balaban J connectivity index is 1.60. The highest BCUT2D eigenvalue weighted by molar-refractivity contribution is 7.89. The van der Waals surface area contributed by atoms with Gasteiger partial charge in [0.15, 0.2) is 0 Å². The standard InChI is InChI=1S/C21H25N3O3S/c25-21(23-22-17-10-3-1-4-11-17)20-15-16-9-7-8-14-19(16)24(20)28(26,27)18-12-5-2-6-13-18/h1-6,10-13,16,19-20,22H,7-9,14-15H2,(H,23,25). The van der Waals surface area contributed by atoms with E-state index in [1.165, 1.54) is 4.31 Å². The van der Waals surface area contributed by atoms with Crippen LogP contribution in [-0.4, -0.2) is 30.7 Å². The van der Waals surface area contributed by atoms with Crippen molar-refractivity contribution in [2.45, 2.75) is 49.1 Å². The summed E-state index contributed by atoms with van der Waals surface area (Å²) in [7, 11) is -3.74. The van der Waals surface area contributed by atoms with Crippen LogP contribution in [0.1, 0.15) is 32.1 Å². The number of amides is 1. The normalized spacial score (nSPS) is 25.1. The molecule has 1 saturated heterocycles. The lowest BCUT2D eigenvalue weighted by atomic mass is 9.85. The predicted octanol–water partition coefficient (Wildman–Crippen LogP) is 3.15. The Labute approximate surface area is 166 Å². The number of carbonyl (C=O) groups is 1. The number of nitrogens with one attached hydrogen (secondary N) is 2. The van der Waals surface area contributed by atoms with Gasteiger partial charge in [0.1, 0.15) is 6.04 Å². The molecule has 1 aliphatic heterocycles. The van der Waals surface area contributed by atoms with E-state index in [1.54, 1.807) is 30.3 Å². The second-order valence-electron chi connectivity index (χ2n) is 7.49. The topological polar surface area (TPSA) is 78.5 Å². The molecule has 2 N–H and O–H groups in total. The van der Waals surface area contributed by atoms with Crippen LogP contribution >= 0.6 is 0 Å². The lowest BCUT2D eigenvalue weighted by Gasteiger charge is -2.32. The summed E-state index contributed by atoms with van der Waals surface area (Å²) in [6, 6.07) is 16.9. The molecule has 2 fully saturated rings. The first-order valence-electron chi connectivity index (χ1n) is 9.77. The van der Waals surface area contributed by atoms with Gasteiger partial charge >= 0.3 is 0 Å². The molecule has 6 nitrogen and oxygen atoms in total. The van der Waals surface area contributed by atoms with E-state index in [0.717, 1.165) is 31.4 Å². The van der Waals surface area contributed by atoms with Gasteiger partial charge in [0.05, 0.1) is 10.6 Å². The van der Waals surface area contributed by atoms with Gasteiger partial charge in [0, 0.05) is 6.04 Å². The molecule has 0 bridgehead atoms. The van der Waals surface area contributed by atoms with Crippen LogP contribution in [0.3, 0.4) is 0 Å². The average molecular weight is 400 g/mol. The highest BCUT2D eigenvalue weighted by Crippen LogP contribution is 2.42. The van der Waals surface area contributed by atoms with Crippen molar-refractivity contribution in [2.24, 2.45) is 5.92 Å². The third-order valence-electron chi connectivity index (χ3n) is 5.75. The molecule has 1 saturated carbocycles. The van der Waals surface area contributed by atoms with Gasteiger partial charge in [-0.05, 0) is 49.4 Å². The number of rotatable bonds is 5. The van der Waals surface area contributed by atoms with Crippen LogP contribution in [0.5, 0.6) is 0 Å². The van der Waals surface area contributed by atoms with Crippen molar-refractivity contribution in [1.29, 1.82) is 0 Å². The second kappa shape index (κ2) is 7.93. The third-order valence-corrected chi connectivity index (χ3v) is 7.70. The fraction of sp³-hybridized carbons (Fsp3) is 0.381. The van der Waals surface area contributed by atoms with Crippen LogP contribution in [0, 0.1) is 5.92 Å². The van der Waals surface area contributed by atoms with Crippen molar-refractivity contribution in [1.82, 2.24) is 9.73 Å². The third kappa shape index (κ3) is 3.64. The summed E-state index contributed by atoms with van der Waals surface area (Å²) in [5, 5.41) is 0. The molecule has 0 radical (unpaired) electrons. The van der Waals surface area contributed by atoms with E-state index in [2.05, 4.69) is 10.9 Å². The Morgan fingerprint density at radius 1 is 0.929 bits per heavy atom. The first-order chi connectivity index (χ1) is 13.6. The minimum absolute atomic E-state index is 0.105. The number of sulfonamides is 1. The fourth-order valence-corrected chi connectivity index (χ4v) is 6.34. The Hall–Kier alpha value is -2.38. The Bertz CT molecular complexity index is 918. The van der Waals surface area contributed by atoms with Crippen molar-refractivity contribution >= 4 is 21.6 Å². The Morgan fingerprint density at radius 3 is 2.29 bits per heavy atom. The van der Waals surface area contributed by atoms with Gasteiger partial charge in [-0.25, -0.2) is 8.42 Å². The number of anilines is 1. The van der Waals surface area contributed by atoms with E-state index >= 15 is 0 Å². The molecule has 1 aliphatic carbocycles. The van der Waals surface area contributed by atoms with Gasteiger partial charge in [-0.1, -0.05) is 49.2 Å². The largest absolute Gasteiger partial charge is 0.299 e. The molecule has 4 rings (SSSR count). The van der Waals surface area contributed by atoms with Crippen molar-refractivity contribution in [3.63, 3.8) is 0 Å². The van der Waals surface area contributed by atoms with E-state index < -0.39 is 16.1 Å². The first-order valence-corrected chi connectivity index (χ1v) is 11.2. The molecule has 2 aromatic rings. The summed E-state index contributed by atoms with van der Waals surface area (Å²) in [6.45, 7) is 0. The summed E-state index contributed by atoms with van der Waals surface area (Å²) < 4.78 is 28.3. The monoisotopic (exact) mass is 399 g/mol. The highest BCUT2D eigenvalue weighted by Gasteiger charge is 2.50. The van der Waals surface area contributed by atoms with E-state index in [1.807, 2.05) is 30.3 Å². The van der Waals surface area contributed by atoms with Gasteiger partial charge in [0.25, 0.3) is 5.91 Å². The highest BCUT2D eigenvalue weighted by atomic mass is 32.2. The molecule has 1 amide bonds. The van der Waals surface area contributed by atoms with Crippen molar-refractivity contribution in [2.75, 3.05) is 5.43 Å². The van der Waals surface area contributed by atoms with E-state index in [0.29, 0.717) is 6.42 Å². The summed E-state index contributed by atoms with van der Waals surface area (Å²) in [4.78, 5) is 13.2. The average Bonchev–Trinajstić information content (AvgIpc) is 3.14. The quantitative estimate of drug-likeness (QED) is 0.757. The summed E-state index contributed by atoms with van der Waals surface area (Å²) in [5.74, 6) is -0.0718. The van der Waals surface area contributed by atoms with Crippen LogP contribution in [0.2, 0.25) is 0 Å². The molecule has 2 aliphatic rings. The molecule has 0 spiro atoms. The summed E-state index contributed by atoms with van der Waals surface area (Å²) in [5.41, 5.74) is 6.36. The van der Waals surface area contributed by atoms with Crippen LogP contribution in [-0.2, 0) is 14.8 Å². The van der Waals surface area contributed by atoms with E-state index in [-0.39, 0.29) is 22.8 Å². The van der Waals surface area contributed by atoms with Crippen molar-refractivity contribution in [3.05, 3.63) is 60.7 Å². The van der Waals surface area contributed by atoms with Crippen LogP contribution < -0.4 is 10.9 Å². The van der Waals surface area contributed by atoms with Gasteiger partial charge in [-0.3, -0.25) is 15.6 Å². The zero-order valence-electron chi connectivity index (χ0n) is 15.6. The SMILES string of the molecule is O=C(NNc1ccccc1)C1CC2CCCCC2N1S(=O)(=O)c1ccccc1. The number of nitrogens with zero attached hydrogens (tertiary/aromatic N) is 1. The maximum absolute atomic E-state index is 13.4. The van der Waals surface area contributed by atoms with Crippen LogP contribution in [0.25, 0.3) is 0 Å². The molecular weight excluding hydrogens is 374 g/mol. The number of hydrazine groups is 1. The maximum atomic E-state index is 13.4. The zero-order valence-corrected chi connectivity index (χ0v) is 16.4. The first kappa shape index (κ1) is 19.0. The number of hydrogen-bond acceptors (Lipinski definition) is 4. The lowest BCUT2D eigenvalue weighted by Crippen LogP contribution is -2.50. The van der Waals surface area contributed by atoms with E-state index in [4.69, 9.17) is 0 Å². The predicted molar refractivity (Wildman–Crippen MR) is 108 cm³/mol. The molecule has 2 aromatic carbocycles.